The van der Waals surface area contributed by atoms with E-state index in [1.54, 1.807) is 4.90 Å². The van der Waals surface area contributed by atoms with Crippen LogP contribution in [0, 0.1) is 0 Å². The van der Waals surface area contributed by atoms with Gasteiger partial charge >= 0.3 is 6.09 Å². The molecule has 1 saturated heterocycles. The van der Waals surface area contributed by atoms with Crippen molar-refractivity contribution >= 4 is 12.0 Å². The summed E-state index contributed by atoms with van der Waals surface area (Å²) in [5.74, 6) is -0.199. The Bertz CT molecular complexity index is 326. The van der Waals surface area contributed by atoms with Crippen LogP contribution in [0.5, 0.6) is 0 Å². The first-order valence-electron chi connectivity index (χ1n) is 6.80. The summed E-state index contributed by atoms with van der Waals surface area (Å²) in [5.41, 5.74) is 4.75. The number of ether oxygens (including phenoxy) is 1. The van der Waals surface area contributed by atoms with Gasteiger partial charge in [-0.1, -0.05) is 0 Å². The lowest BCUT2D eigenvalue weighted by Crippen LogP contribution is -2.51. The molecule has 19 heavy (non-hydrogen) atoms. The monoisotopic (exact) mass is 271 g/mol. The van der Waals surface area contributed by atoms with Crippen LogP contribution in [0.1, 0.15) is 40.0 Å². The third-order valence-electron chi connectivity index (χ3n) is 2.98. The number of carbonyl (C=O) groups is 2. The second kappa shape index (κ2) is 6.75. The summed E-state index contributed by atoms with van der Waals surface area (Å²) >= 11 is 0. The molecule has 0 aromatic heterocycles. The lowest BCUT2D eigenvalue weighted by molar-refractivity contribution is -0.120. The third-order valence-corrected chi connectivity index (χ3v) is 2.98. The predicted octanol–water partition coefficient (Wildman–Crippen LogP) is 0.851. The maximum atomic E-state index is 12.1. The fourth-order valence-corrected chi connectivity index (χ4v) is 2.08. The highest BCUT2D eigenvalue weighted by Crippen LogP contribution is 2.19. The maximum absolute atomic E-state index is 12.1. The van der Waals surface area contributed by atoms with Crippen molar-refractivity contribution in [2.75, 3.05) is 19.6 Å². The van der Waals surface area contributed by atoms with Gasteiger partial charge in [-0.05, 0) is 40.0 Å². The molecule has 6 nitrogen and oxygen atoms in total. The van der Waals surface area contributed by atoms with E-state index in [2.05, 4.69) is 5.32 Å². The smallest absolute Gasteiger partial charge is 0.410 e. The van der Waals surface area contributed by atoms with Gasteiger partial charge in [0, 0.05) is 13.1 Å². The standard InChI is InChI=1S/C13H25N3O3/c1-13(2,3)19-12(18)16-7-5-4-6-10(16)9-15-11(17)8-14/h10H,4-9,14H2,1-3H3,(H,15,17)/t10-/m0/s1. The van der Waals surface area contributed by atoms with Gasteiger partial charge in [0.05, 0.1) is 12.6 Å². The molecule has 0 aromatic rings. The zero-order valence-corrected chi connectivity index (χ0v) is 12.1. The number of hydrogen-bond donors (Lipinski definition) is 2. The molecule has 0 saturated carbocycles. The van der Waals surface area contributed by atoms with Crippen molar-refractivity contribution in [2.24, 2.45) is 5.73 Å². The fraction of sp³-hybridized carbons (Fsp3) is 0.846. The minimum atomic E-state index is -0.500. The molecule has 0 aromatic carbocycles. The minimum Gasteiger partial charge on any atom is -0.444 e. The lowest BCUT2D eigenvalue weighted by Gasteiger charge is -2.36. The van der Waals surface area contributed by atoms with Crippen molar-refractivity contribution in [3.8, 4) is 0 Å². The second-order valence-corrected chi connectivity index (χ2v) is 5.83. The molecule has 0 bridgehead atoms. The Morgan fingerprint density at radius 2 is 2.05 bits per heavy atom. The van der Waals surface area contributed by atoms with Crippen LogP contribution in [0.3, 0.4) is 0 Å². The van der Waals surface area contributed by atoms with E-state index in [1.165, 1.54) is 0 Å². The first-order valence-corrected chi connectivity index (χ1v) is 6.80. The topological polar surface area (TPSA) is 84.7 Å². The van der Waals surface area contributed by atoms with Gasteiger partial charge in [-0.15, -0.1) is 0 Å². The van der Waals surface area contributed by atoms with E-state index in [-0.39, 0.29) is 24.6 Å². The van der Waals surface area contributed by atoms with Gasteiger partial charge in [-0.25, -0.2) is 4.79 Å². The molecular formula is C13H25N3O3. The Morgan fingerprint density at radius 1 is 1.37 bits per heavy atom. The molecule has 6 heteroatoms. The molecule has 2 amide bonds. The van der Waals surface area contributed by atoms with Crippen molar-refractivity contribution < 1.29 is 14.3 Å². The molecule has 1 atom stereocenters. The third kappa shape index (κ3) is 5.46. The number of carbonyl (C=O) groups excluding carboxylic acids is 2. The van der Waals surface area contributed by atoms with E-state index in [9.17, 15) is 9.59 Å². The molecule has 110 valence electrons. The van der Waals surface area contributed by atoms with Crippen molar-refractivity contribution in [3.63, 3.8) is 0 Å². The molecule has 0 unspecified atom stereocenters. The number of nitrogens with one attached hydrogen (secondary N) is 1. The van der Waals surface area contributed by atoms with Crippen molar-refractivity contribution in [1.29, 1.82) is 0 Å². The van der Waals surface area contributed by atoms with E-state index in [0.29, 0.717) is 13.1 Å². The van der Waals surface area contributed by atoms with E-state index in [0.717, 1.165) is 19.3 Å². The Balaban J connectivity index is 2.56. The second-order valence-electron chi connectivity index (χ2n) is 5.83. The van der Waals surface area contributed by atoms with Crippen molar-refractivity contribution in [2.45, 2.75) is 51.7 Å². The summed E-state index contributed by atoms with van der Waals surface area (Å²) < 4.78 is 5.39. The van der Waals surface area contributed by atoms with Crippen LogP contribution in [0.4, 0.5) is 4.79 Å². The molecule has 0 spiro atoms. The van der Waals surface area contributed by atoms with Crippen molar-refractivity contribution in [1.82, 2.24) is 10.2 Å². The number of amides is 2. The molecule has 3 N–H and O–H groups in total. The molecular weight excluding hydrogens is 246 g/mol. The Kier molecular flexibility index (Phi) is 5.60. The summed E-state index contributed by atoms with van der Waals surface area (Å²) in [5, 5.41) is 2.74. The van der Waals surface area contributed by atoms with Crippen LogP contribution in [-0.4, -0.2) is 48.2 Å². The van der Waals surface area contributed by atoms with Crippen LogP contribution < -0.4 is 11.1 Å². The largest absolute Gasteiger partial charge is 0.444 e. The average molecular weight is 271 g/mol. The molecule has 0 radical (unpaired) electrons. The zero-order chi connectivity index (χ0) is 14.5. The summed E-state index contributed by atoms with van der Waals surface area (Å²) in [6.07, 6.45) is 2.60. The molecule has 1 aliphatic rings. The van der Waals surface area contributed by atoms with Gasteiger partial charge in [0.15, 0.2) is 0 Å². The summed E-state index contributed by atoms with van der Waals surface area (Å²) in [7, 11) is 0. The fourth-order valence-electron chi connectivity index (χ4n) is 2.08. The Labute approximate surface area is 114 Å². The molecule has 1 rings (SSSR count). The Hall–Kier alpha value is -1.30. The lowest BCUT2D eigenvalue weighted by atomic mass is 10.0. The normalized spacial score (nSPS) is 20.0. The molecule has 1 heterocycles. The number of nitrogens with two attached hydrogens (primary N) is 1. The van der Waals surface area contributed by atoms with Gasteiger partial charge < -0.3 is 20.7 Å². The van der Waals surface area contributed by atoms with E-state index < -0.39 is 5.60 Å². The molecule has 1 aliphatic heterocycles. The van der Waals surface area contributed by atoms with Gasteiger partial charge in [0.2, 0.25) is 5.91 Å². The number of hydrogen-bond acceptors (Lipinski definition) is 4. The minimum absolute atomic E-state index is 0.000833. The zero-order valence-electron chi connectivity index (χ0n) is 12.1. The van der Waals surface area contributed by atoms with Gasteiger partial charge in [0.1, 0.15) is 5.60 Å². The number of piperidine rings is 1. The van der Waals surface area contributed by atoms with Crippen LogP contribution >= 0.6 is 0 Å². The average Bonchev–Trinajstić information content (AvgIpc) is 2.34. The first kappa shape index (κ1) is 15.8. The maximum Gasteiger partial charge on any atom is 0.410 e. The highest BCUT2D eigenvalue weighted by molar-refractivity contribution is 5.77. The number of likely N-dealkylation sites (tertiary alicyclic amines) is 1. The number of nitrogens with zero attached hydrogens (tertiary/aromatic N) is 1. The van der Waals surface area contributed by atoms with Gasteiger partial charge in [0.25, 0.3) is 0 Å². The van der Waals surface area contributed by atoms with Crippen molar-refractivity contribution in [3.05, 3.63) is 0 Å². The summed E-state index contributed by atoms with van der Waals surface area (Å²) in [4.78, 5) is 25.0. The van der Waals surface area contributed by atoms with E-state index >= 15 is 0 Å². The first-order chi connectivity index (χ1) is 8.83. The van der Waals surface area contributed by atoms with Crippen LogP contribution in [0.15, 0.2) is 0 Å². The molecule has 1 fully saturated rings. The van der Waals surface area contributed by atoms with Crippen LogP contribution in [-0.2, 0) is 9.53 Å². The number of rotatable bonds is 3. The molecule has 0 aliphatic carbocycles. The van der Waals surface area contributed by atoms with E-state index in [4.69, 9.17) is 10.5 Å². The summed E-state index contributed by atoms with van der Waals surface area (Å²) in [6.45, 7) is 6.63. The highest BCUT2D eigenvalue weighted by Gasteiger charge is 2.30. The van der Waals surface area contributed by atoms with E-state index in [1.807, 2.05) is 20.8 Å². The Morgan fingerprint density at radius 3 is 2.63 bits per heavy atom. The van der Waals surface area contributed by atoms with Gasteiger partial charge in [-0.3, -0.25) is 4.79 Å². The quantitative estimate of drug-likeness (QED) is 0.797. The van der Waals surface area contributed by atoms with Crippen LogP contribution in [0.2, 0.25) is 0 Å². The van der Waals surface area contributed by atoms with Crippen LogP contribution in [0.25, 0.3) is 0 Å². The predicted molar refractivity (Wildman–Crippen MR) is 72.6 cm³/mol. The van der Waals surface area contributed by atoms with Gasteiger partial charge in [-0.2, -0.15) is 0 Å². The highest BCUT2D eigenvalue weighted by atomic mass is 16.6. The SMILES string of the molecule is CC(C)(C)OC(=O)N1CCCC[C@H]1CNC(=O)CN. The summed E-state index contributed by atoms with van der Waals surface area (Å²) in [6, 6.07) is -0.000833.